The van der Waals surface area contributed by atoms with Gasteiger partial charge in [0.25, 0.3) is 0 Å². The first-order valence-electron chi connectivity index (χ1n) is 24.8. The molecule has 0 aliphatic rings. The third-order valence-corrected chi connectivity index (χ3v) is 10.1. The highest BCUT2D eigenvalue weighted by molar-refractivity contribution is 5.70. The summed E-state index contributed by atoms with van der Waals surface area (Å²) in [6.07, 6.45) is 66.9. The second-order valence-corrected chi connectivity index (χ2v) is 16.0. The van der Waals surface area contributed by atoms with Crippen molar-refractivity contribution in [2.75, 3.05) is 19.8 Å². The van der Waals surface area contributed by atoms with E-state index in [1.165, 1.54) is 57.8 Å². The van der Waals surface area contributed by atoms with Gasteiger partial charge in [-0.05, 0) is 116 Å². The smallest absolute Gasteiger partial charge is 0.306 e. The van der Waals surface area contributed by atoms with Gasteiger partial charge in [-0.25, -0.2) is 0 Å². The first kappa shape index (κ1) is 56.8. The van der Waals surface area contributed by atoms with Gasteiger partial charge in [-0.2, -0.15) is 0 Å². The summed E-state index contributed by atoms with van der Waals surface area (Å²) in [6.45, 7) is 7.51. The summed E-state index contributed by atoms with van der Waals surface area (Å²) in [5.74, 6) is -0.453. The fourth-order valence-electron chi connectivity index (χ4n) is 6.39. The minimum atomic E-state index is -0.570. The molecule has 60 heavy (non-hydrogen) atoms. The number of hydrogen-bond acceptors (Lipinski definition) is 5. The number of rotatable bonds is 44. The molecule has 1 atom stereocenters. The molecule has 0 fully saturated rings. The van der Waals surface area contributed by atoms with Gasteiger partial charge in [0.05, 0.1) is 6.61 Å². The van der Waals surface area contributed by atoms with Crippen molar-refractivity contribution in [3.8, 4) is 0 Å². The van der Waals surface area contributed by atoms with Gasteiger partial charge in [0.2, 0.25) is 0 Å². The summed E-state index contributed by atoms with van der Waals surface area (Å²) in [5, 5.41) is 0. The van der Waals surface area contributed by atoms with Gasteiger partial charge >= 0.3 is 11.9 Å². The Morgan fingerprint density at radius 1 is 0.383 bits per heavy atom. The average molecular weight is 833 g/mol. The van der Waals surface area contributed by atoms with Crippen LogP contribution in [0, 0.1) is 0 Å². The first-order chi connectivity index (χ1) is 29.6. The Kier molecular flexibility index (Phi) is 47.5. The zero-order chi connectivity index (χ0) is 43.5. The van der Waals surface area contributed by atoms with Crippen LogP contribution in [-0.2, 0) is 23.8 Å². The van der Waals surface area contributed by atoms with E-state index in [1.807, 2.05) is 0 Å². The van der Waals surface area contributed by atoms with Crippen LogP contribution in [0.5, 0.6) is 0 Å². The van der Waals surface area contributed by atoms with Gasteiger partial charge < -0.3 is 14.2 Å². The summed E-state index contributed by atoms with van der Waals surface area (Å²) < 4.78 is 17.3. The number of esters is 2. The highest BCUT2D eigenvalue weighted by atomic mass is 16.6. The van der Waals surface area contributed by atoms with Crippen molar-refractivity contribution in [2.24, 2.45) is 0 Å². The van der Waals surface area contributed by atoms with Gasteiger partial charge in [-0.3, -0.25) is 9.59 Å². The van der Waals surface area contributed by atoms with E-state index in [1.54, 1.807) is 0 Å². The molecule has 0 N–H and O–H groups in total. The molecule has 0 aromatic heterocycles. The second-order valence-electron chi connectivity index (χ2n) is 16.0. The standard InChI is InChI=1S/C55H92O5/c1-4-7-10-13-16-19-22-25-27-29-32-35-38-41-44-47-50-58-51-53(60-55(57)49-46-43-40-37-34-30-24-21-18-15-12-9-6-3)52-59-54(56)48-45-42-39-36-33-31-28-26-23-20-17-14-11-8-5-2/h7,10,12,15-17,19-21,24-28,32,35,53H,4-6,8-9,11,13-14,18,22-23,29-31,33-34,36-52H2,1-3H3/b10-7-,15-12-,19-16-,20-17-,24-21-,27-25-,28-26-,35-32-. The zero-order valence-electron chi connectivity index (χ0n) is 39.2. The Hall–Kier alpha value is -3.18. The molecule has 0 aliphatic heterocycles. The Bertz CT molecular complexity index is 1170. The molecule has 0 heterocycles. The normalized spacial score (nSPS) is 13.1. The third-order valence-electron chi connectivity index (χ3n) is 10.1. The molecule has 0 spiro atoms. The number of unbranched alkanes of at least 4 members (excludes halogenated alkanes) is 17. The fourth-order valence-corrected chi connectivity index (χ4v) is 6.39. The summed E-state index contributed by atoms with van der Waals surface area (Å²) in [5.41, 5.74) is 0. The van der Waals surface area contributed by atoms with E-state index in [4.69, 9.17) is 14.2 Å². The lowest BCUT2D eigenvalue weighted by molar-refractivity contribution is -0.163. The predicted octanol–water partition coefficient (Wildman–Crippen LogP) is 16.7. The van der Waals surface area contributed by atoms with E-state index >= 15 is 0 Å². The Balaban J connectivity index is 4.39. The minimum Gasteiger partial charge on any atom is -0.462 e. The SMILES string of the molecule is CC/C=C\C/C=C\C/C=C\C/C=C\CCCCCOCC(COC(=O)CCCCCCC/C=C\C/C=C\CCCCC)OC(=O)CCCCCCC/C=C\C/C=C\CCC. The van der Waals surface area contributed by atoms with Crippen LogP contribution in [0.4, 0.5) is 0 Å². The molecular weight excluding hydrogens is 741 g/mol. The molecule has 0 saturated heterocycles. The molecule has 0 radical (unpaired) electrons. The molecule has 0 aliphatic carbocycles. The average Bonchev–Trinajstić information content (AvgIpc) is 3.25. The van der Waals surface area contributed by atoms with E-state index in [9.17, 15) is 9.59 Å². The topological polar surface area (TPSA) is 61.8 Å². The van der Waals surface area contributed by atoms with Crippen molar-refractivity contribution < 1.29 is 23.8 Å². The maximum atomic E-state index is 12.8. The van der Waals surface area contributed by atoms with E-state index < -0.39 is 6.10 Å². The van der Waals surface area contributed by atoms with Crippen molar-refractivity contribution in [3.63, 3.8) is 0 Å². The number of carbonyl (C=O) groups excluding carboxylic acids is 2. The summed E-state index contributed by atoms with van der Waals surface area (Å²) >= 11 is 0. The molecule has 342 valence electrons. The Labute approximate surface area is 371 Å². The molecule has 0 amide bonds. The summed E-state index contributed by atoms with van der Waals surface area (Å²) in [4.78, 5) is 25.3. The molecule has 1 unspecified atom stereocenters. The first-order valence-corrected chi connectivity index (χ1v) is 24.8. The van der Waals surface area contributed by atoms with Crippen LogP contribution in [0.1, 0.15) is 213 Å². The molecule has 0 aromatic rings. The molecule has 0 bridgehead atoms. The number of hydrogen-bond donors (Lipinski definition) is 0. The van der Waals surface area contributed by atoms with Crippen LogP contribution in [0.2, 0.25) is 0 Å². The lowest BCUT2D eigenvalue weighted by Gasteiger charge is -2.18. The van der Waals surface area contributed by atoms with E-state index in [2.05, 4.69) is 118 Å². The number of ether oxygens (including phenoxy) is 3. The largest absolute Gasteiger partial charge is 0.462 e. The number of carbonyl (C=O) groups is 2. The highest BCUT2D eigenvalue weighted by Gasteiger charge is 2.17. The highest BCUT2D eigenvalue weighted by Crippen LogP contribution is 2.12. The lowest BCUT2D eigenvalue weighted by atomic mass is 10.1. The molecular formula is C55H92O5. The second kappa shape index (κ2) is 50.2. The molecule has 0 saturated carbocycles. The lowest BCUT2D eigenvalue weighted by Crippen LogP contribution is -2.30. The van der Waals surface area contributed by atoms with E-state index in [0.29, 0.717) is 19.4 Å². The van der Waals surface area contributed by atoms with Crippen molar-refractivity contribution in [3.05, 3.63) is 97.2 Å². The van der Waals surface area contributed by atoms with Crippen molar-refractivity contribution >= 4 is 11.9 Å². The fraction of sp³-hybridized carbons (Fsp3) is 0.673. The maximum Gasteiger partial charge on any atom is 0.306 e. The van der Waals surface area contributed by atoms with Crippen LogP contribution in [0.25, 0.3) is 0 Å². The van der Waals surface area contributed by atoms with Crippen LogP contribution in [0.3, 0.4) is 0 Å². The van der Waals surface area contributed by atoms with Gasteiger partial charge in [-0.15, -0.1) is 0 Å². The van der Waals surface area contributed by atoms with Crippen LogP contribution in [-0.4, -0.2) is 37.9 Å². The Morgan fingerprint density at radius 3 is 1.27 bits per heavy atom. The summed E-state index contributed by atoms with van der Waals surface area (Å²) in [7, 11) is 0. The molecule has 0 rings (SSSR count). The predicted molar refractivity (Wildman–Crippen MR) is 260 cm³/mol. The van der Waals surface area contributed by atoms with Crippen molar-refractivity contribution in [2.45, 2.75) is 219 Å². The molecule has 0 aromatic carbocycles. The van der Waals surface area contributed by atoms with Crippen LogP contribution >= 0.6 is 0 Å². The van der Waals surface area contributed by atoms with Gasteiger partial charge in [0.15, 0.2) is 6.10 Å². The third kappa shape index (κ3) is 47.5. The monoisotopic (exact) mass is 833 g/mol. The maximum absolute atomic E-state index is 12.8. The van der Waals surface area contributed by atoms with Gasteiger partial charge in [-0.1, -0.05) is 182 Å². The molecule has 5 nitrogen and oxygen atoms in total. The zero-order valence-corrected chi connectivity index (χ0v) is 39.2. The van der Waals surface area contributed by atoms with E-state index in [-0.39, 0.29) is 25.2 Å². The van der Waals surface area contributed by atoms with Gasteiger partial charge in [0.1, 0.15) is 6.61 Å². The van der Waals surface area contributed by atoms with Crippen LogP contribution < -0.4 is 0 Å². The van der Waals surface area contributed by atoms with Crippen molar-refractivity contribution in [1.29, 1.82) is 0 Å². The number of allylic oxidation sites excluding steroid dienone is 16. The van der Waals surface area contributed by atoms with Crippen LogP contribution in [0.15, 0.2) is 97.2 Å². The quantitative estimate of drug-likeness (QED) is 0.0348. The molecule has 5 heteroatoms. The summed E-state index contributed by atoms with van der Waals surface area (Å²) in [6, 6.07) is 0. The Morgan fingerprint density at radius 2 is 0.783 bits per heavy atom. The van der Waals surface area contributed by atoms with Gasteiger partial charge in [0, 0.05) is 19.4 Å². The van der Waals surface area contributed by atoms with E-state index in [0.717, 1.165) is 122 Å². The van der Waals surface area contributed by atoms with Crippen molar-refractivity contribution in [1.82, 2.24) is 0 Å². The minimum absolute atomic E-state index is 0.0541.